The molecule has 7 nitrogen and oxygen atoms in total. The largest absolute Gasteiger partial charge is 0.385 e. The van der Waals surface area contributed by atoms with Gasteiger partial charge in [0.25, 0.3) is 11.4 Å². The molecule has 7 heteroatoms. The lowest BCUT2D eigenvalue weighted by atomic mass is 10.0. The molecule has 0 radical (unpaired) electrons. The van der Waals surface area contributed by atoms with Gasteiger partial charge in [0.2, 0.25) is 0 Å². The van der Waals surface area contributed by atoms with Crippen LogP contribution < -0.4 is 5.32 Å². The van der Waals surface area contributed by atoms with E-state index in [-0.39, 0.29) is 21.2 Å². The summed E-state index contributed by atoms with van der Waals surface area (Å²) in [6, 6.07) is 31.4. The lowest BCUT2D eigenvalue weighted by Gasteiger charge is -2.07. The second-order valence-corrected chi connectivity index (χ2v) is 13.2. The standard InChI is InChI=1S/C31H46N2O2.C14H11NO2/c1-2-3-4-5-6-7-8-9-10-11-12-13-14-15-16-27-32-30-23-19-28(20-24-30)17-18-29-21-25-31(26-22-29)33(34)35;16-15(17)14-9-5-4-8-13(14)11-10-12-6-2-1-3-7-12/h17-26,32H,2-16,27H2,1H3;1-11H. The molecule has 0 bridgehead atoms. The van der Waals surface area contributed by atoms with Gasteiger partial charge in [-0.1, -0.05) is 170 Å². The van der Waals surface area contributed by atoms with E-state index < -0.39 is 0 Å². The van der Waals surface area contributed by atoms with Crippen molar-refractivity contribution in [2.75, 3.05) is 11.9 Å². The number of anilines is 1. The van der Waals surface area contributed by atoms with E-state index in [9.17, 15) is 20.2 Å². The minimum atomic E-state index is -0.376. The Bertz CT molecular complexity index is 1620. The first-order valence-corrected chi connectivity index (χ1v) is 19.2. The molecule has 1 N–H and O–H groups in total. The van der Waals surface area contributed by atoms with E-state index in [4.69, 9.17) is 0 Å². The third kappa shape index (κ3) is 17.8. The van der Waals surface area contributed by atoms with Crippen molar-refractivity contribution in [1.82, 2.24) is 0 Å². The Kier molecular flexibility index (Phi) is 20.6. The summed E-state index contributed by atoms with van der Waals surface area (Å²) in [6.45, 7) is 3.31. The summed E-state index contributed by atoms with van der Waals surface area (Å²) in [4.78, 5) is 20.8. The van der Waals surface area contributed by atoms with Crippen molar-refractivity contribution in [3.05, 3.63) is 146 Å². The summed E-state index contributed by atoms with van der Waals surface area (Å²) in [7, 11) is 0. The van der Waals surface area contributed by atoms with E-state index in [1.54, 1.807) is 36.4 Å². The molecule has 0 aliphatic heterocycles. The minimum Gasteiger partial charge on any atom is -0.385 e. The first-order chi connectivity index (χ1) is 25.5. The van der Waals surface area contributed by atoms with Crippen LogP contribution in [0.4, 0.5) is 17.1 Å². The van der Waals surface area contributed by atoms with Crippen LogP contribution >= 0.6 is 0 Å². The Morgan fingerprint density at radius 3 is 1.44 bits per heavy atom. The van der Waals surface area contributed by atoms with Crippen molar-refractivity contribution in [3.63, 3.8) is 0 Å². The normalized spacial score (nSPS) is 11.0. The van der Waals surface area contributed by atoms with Gasteiger partial charge in [0.05, 0.1) is 15.4 Å². The molecular formula is C45H57N3O4. The Morgan fingerprint density at radius 2 is 0.923 bits per heavy atom. The number of rotatable bonds is 23. The molecule has 4 aromatic rings. The monoisotopic (exact) mass is 703 g/mol. The van der Waals surface area contributed by atoms with Crippen LogP contribution in [0.3, 0.4) is 0 Å². The minimum absolute atomic E-state index is 0.117. The third-order valence-corrected chi connectivity index (χ3v) is 8.98. The van der Waals surface area contributed by atoms with Crippen LogP contribution in [0.15, 0.2) is 103 Å². The van der Waals surface area contributed by atoms with Crippen molar-refractivity contribution in [2.24, 2.45) is 0 Å². The number of nitrogens with zero attached hydrogens (tertiary/aromatic N) is 2. The van der Waals surface area contributed by atoms with Gasteiger partial charge in [-0.05, 0) is 59.5 Å². The summed E-state index contributed by atoms with van der Waals surface area (Å²) in [6.07, 6.45) is 28.5. The summed E-state index contributed by atoms with van der Waals surface area (Å²) in [5.74, 6) is 0. The van der Waals surface area contributed by atoms with Crippen molar-refractivity contribution < 1.29 is 9.85 Å². The van der Waals surface area contributed by atoms with Gasteiger partial charge in [0.15, 0.2) is 0 Å². The van der Waals surface area contributed by atoms with Crippen LogP contribution in [-0.2, 0) is 0 Å². The highest BCUT2D eigenvalue weighted by Crippen LogP contribution is 2.21. The maximum atomic E-state index is 10.8. The third-order valence-electron chi connectivity index (χ3n) is 8.98. The zero-order valence-electron chi connectivity index (χ0n) is 31.0. The zero-order chi connectivity index (χ0) is 37.1. The Hall–Kier alpha value is -5.04. The van der Waals surface area contributed by atoms with Crippen molar-refractivity contribution in [1.29, 1.82) is 0 Å². The highest BCUT2D eigenvalue weighted by atomic mass is 16.6. The molecule has 0 atom stereocenters. The number of unbranched alkanes of at least 4 members (excludes halogenated alkanes) is 14. The molecule has 4 aromatic carbocycles. The van der Waals surface area contributed by atoms with Gasteiger partial charge in [0, 0.05) is 30.4 Å². The van der Waals surface area contributed by atoms with Crippen LogP contribution in [0.1, 0.15) is 125 Å². The van der Waals surface area contributed by atoms with E-state index in [1.807, 2.05) is 48.6 Å². The van der Waals surface area contributed by atoms with Gasteiger partial charge < -0.3 is 5.32 Å². The molecule has 0 saturated heterocycles. The molecule has 0 aliphatic rings. The molecule has 0 unspecified atom stereocenters. The first-order valence-electron chi connectivity index (χ1n) is 19.2. The Morgan fingerprint density at radius 1 is 0.481 bits per heavy atom. The average Bonchev–Trinajstić information content (AvgIpc) is 3.17. The number of nitrogens with one attached hydrogen (secondary N) is 1. The van der Waals surface area contributed by atoms with E-state index >= 15 is 0 Å². The van der Waals surface area contributed by atoms with E-state index in [0.29, 0.717) is 5.56 Å². The van der Waals surface area contributed by atoms with Crippen LogP contribution in [0.2, 0.25) is 0 Å². The molecule has 0 spiro atoms. The van der Waals surface area contributed by atoms with Crippen LogP contribution in [0, 0.1) is 20.2 Å². The number of nitro benzene ring substituents is 2. The topological polar surface area (TPSA) is 98.3 Å². The maximum Gasteiger partial charge on any atom is 0.276 e. The fourth-order valence-corrected chi connectivity index (χ4v) is 5.89. The zero-order valence-corrected chi connectivity index (χ0v) is 31.0. The lowest BCUT2D eigenvalue weighted by Crippen LogP contribution is -2.01. The van der Waals surface area contributed by atoms with Gasteiger partial charge >= 0.3 is 0 Å². The lowest BCUT2D eigenvalue weighted by molar-refractivity contribution is -0.385. The predicted molar refractivity (Wildman–Crippen MR) is 220 cm³/mol. The highest BCUT2D eigenvalue weighted by molar-refractivity contribution is 5.74. The second-order valence-electron chi connectivity index (χ2n) is 13.2. The average molecular weight is 704 g/mol. The Labute approximate surface area is 311 Å². The van der Waals surface area contributed by atoms with Crippen LogP contribution in [-0.4, -0.2) is 16.4 Å². The van der Waals surface area contributed by atoms with E-state index in [1.165, 1.54) is 115 Å². The molecule has 0 aromatic heterocycles. The van der Waals surface area contributed by atoms with Crippen molar-refractivity contribution in [2.45, 2.75) is 103 Å². The first kappa shape index (κ1) is 41.4. The number of hydrogen-bond acceptors (Lipinski definition) is 5. The van der Waals surface area contributed by atoms with Crippen molar-refractivity contribution >= 4 is 41.4 Å². The van der Waals surface area contributed by atoms with Gasteiger partial charge in [0.1, 0.15) is 0 Å². The van der Waals surface area contributed by atoms with Crippen molar-refractivity contribution in [3.8, 4) is 0 Å². The fourth-order valence-electron chi connectivity index (χ4n) is 5.89. The number of non-ortho nitro benzene ring substituents is 1. The van der Waals surface area contributed by atoms with E-state index in [0.717, 1.165) is 28.9 Å². The fraction of sp³-hybridized carbons (Fsp3) is 0.378. The molecule has 52 heavy (non-hydrogen) atoms. The second kappa shape index (κ2) is 25.8. The molecule has 0 heterocycles. The molecule has 276 valence electrons. The number of para-hydroxylation sites is 1. The summed E-state index contributed by atoms with van der Waals surface area (Å²) in [5.41, 5.74) is 5.09. The number of hydrogen-bond donors (Lipinski definition) is 1. The molecule has 0 aliphatic carbocycles. The SMILES string of the molecule is CCCCCCCCCCCCCCCCCNc1ccc(C=Cc2ccc([N+](=O)[O-])cc2)cc1.O=[N+]([O-])c1ccccc1C=Cc1ccccc1. The predicted octanol–water partition coefficient (Wildman–Crippen LogP) is 13.8. The summed E-state index contributed by atoms with van der Waals surface area (Å²) < 4.78 is 0. The van der Waals surface area contributed by atoms with Gasteiger partial charge in [-0.2, -0.15) is 0 Å². The number of nitro groups is 2. The smallest absolute Gasteiger partial charge is 0.276 e. The van der Waals surface area contributed by atoms with Crippen LogP contribution in [0.5, 0.6) is 0 Å². The highest BCUT2D eigenvalue weighted by Gasteiger charge is 2.09. The van der Waals surface area contributed by atoms with Gasteiger partial charge in [-0.25, -0.2) is 0 Å². The molecule has 0 fully saturated rings. The summed E-state index contributed by atoms with van der Waals surface area (Å²) >= 11 is 0. The van der Waals surface area contributed by atoms with E-state index in [2.05, 4.69) is 36.5 Å². The molecular weight excluding hydrogens is 647 g/mol. The molecule has 0 amide bonds. The maximum absolute atomic E-state index is 10.8. The van der Waals surface area contributed by atoms with Crippen LogP contribution in [0.25, 0.3) is 24.3 Å². The van der Waals surface area contributed by atoms with Gasteiger partial charge in [-0.15, -0.1) is 0 Å². The molecule has 4 rings (SSSR count). The number of benzene rings is 4. The molecule has 0 saturated carbocycles. The quantitative estimate of drug-likeness (QED) is 0.0359. The van der Waals surface area contributed by atoms with Gasteiger partial charge in [-0.3, -0.25) is 20.2 Å². The Balaban J connectivity index is 0.000000355. The summed E-state index contributed by atoms with van der Waals surface area (Å²) in [5, 5.41) is 25.1.